The molecule has 20 heavy (non-hydrogen) atoms. The third-order valence-corrected chi connectivity index (χ3v) is 3.19. The number of aliphatic hydroxyl groups is 1. The summed E-state index contributed by atoms with van der Waals surface area (Å²) >= 11 is 1.05. The van der Waals surface area contributed by atoms with Crippen LogP contribution in [0.5, 0.6) is 0 Å². The number of hydrogen-bond donors (Lipinski definition) is 2. The van der Waals surface area contributed by atoms with Crippen LogP contribution in [0.15, 0.2) is 17.5 Å². The molecule has 0 bridgehead atoms. The van der Waals surface area contributed by atoms with E-state index in [-0.39, 0.29) is 10.7 Å². The van der Waals surface area contributed by atoms with Gasteiger partial charge in [-0.15, -0.1) is 11.3 Å². The molecular formula is C12H9F3N2O2S. The maximum atomic E-state index is 13.0. The molecule has 2 N–H and O–H groups in total. The Balaban J connectivity index is 2.19. The maximum absolute atomic E-state index is 13.0. The molecule has 2 aromatic rings. The van der Waals surface area contributed by atoms with E-state index >= 15 is 0 Å². The topological polar surface area (TPSA) is 62.2 Å². The van der Waals surface area contributed by atoms with Gasteiger partial charge in [0.2, 0.25) is 0 Å². The monoisotopic (exact) mass is 302 g/mol. The molecule has 0 aliphatic heterocycles. The lowest BCUT2D eigenvalue weighted by atomic mass is 10.2. The van der Waals surface area contributed by atoms with Gasteiger partial charge in [0.1, 0.15) is 0 Å². The number of halogens is 3. The molecule has 0 saturated carbocycles. The Morgan fingerprint density at radius 3 is 2.45 bits per heavy atom. The van der Waals surface area contributed by atoms with E-state index in [2.05, 4.69) is 10.3 Å². The third-order valence-electron chi connectivity index (χ3n) is 2.42. The van der Waals surface area contributed by atoms with Gasteiger partial charge in [-0.05, 0) is 19.1 Å². The summed E-state index contributed by atoms with van der Waals surface area (Å²) in [5, 5.41) is 13.3. The number of carbonyl (C=O) groups excluding carboxylic acids is 1. The van der Waals surface area contributed by atoms with Gasteiger partial charge in [-0.3, -0.25) is 10.1 Å². The number of thiazole rings is 1. The van der Waals surface area contributed by atoms with Crippen molar-refractivity contribution >= 4 is 22.4 Å². The van der Waals surface area contributed by atoms with Gasteiger partial charge < -0.3 is 5.11 Å². The van der Waals surface area contributed by atoms with Crippen molar-refractivity contribution in [2.45, 2.75) is 13.0 Å². The van der Waals surface area contributed by atoms with Crippen LogP contribution in [-0.4, -0.2) is 16.0 Å². The molecule has 1 atom stereocenters. The summed E-state index contributed by atoms with van der Waals surface area (Å²) in [6.45, 7) is 1.51. The first-order valence-electron chi connectivity index (χ1n) is 5.48. The summed E-state index contributed by atoms with van der Waals surface area (Å²) in [6, 6.07) is 1.19. The van der Waals surface area contributed by atoms with Crippen LogP contribution < -0.4 is 5.32 Å². The SMILES string of the molecule is CC(O)c1csc(NC(=O)c2cc(F)c(F)c(F)c2)n1. The molecule has 8 heteroatoms. The minimum Gasteiger partial charge on any atom is -0.387 e. The van der Waals surface area contributed by atoms with Crippen molar-refractivity contribution in [3.63, 3.8) is 0 Å². The Labute approximate surface area is 115 Å². The van der Waals surface area contributed by atoms with Gasteiger partial charge in [0.15, 0.2) is 22.6 Å². The van der Waals surface area contributed by atoms with Crippen molar-refractivity contribution in [2.24, 2.45) is 0 Å². The van der Waals surface area contributed by atoms with Crippen LogP contribution in [0.25, 0.3) is 0 Å². The molecule has 0 radical (unpaired) electrons. The van der Waals surface area contributed by atoms with Crippen molar-refractivity contribution < 1.29 is 23.1 Å². The maximum Gasteiger partial charge on any atom is 0.257 e. The zero-order chi connectivity index (χ0) is 14.9. The van der Waals surface area contributed by atoms with E-state index in [9.17, 15) is 23.1 Å². The number of carbonyl (C=O) groups is 1. The minimum absolute atomic E-state index is 0.163. The predicted octanol–water partition coefficient (Wildman–Crippen LogP) is 2.87. The fraction of sp³-hybridized carbons (Fsp3) is 0.167. The lowest BCUT2D eigenvalue weighted by Crippen LogP contribution is -2.13. The van der Waals surface area contributed by atoms with Crippen molar-refractivity contribution in [2.75, 3.05) is 5.32 Å². The van der Waals surface area contributed by atoms with Crippen molar-refractivity contribution in [3.8, 4) is 0 Å². The second-order valence-corrected chi connectivity index (χ2v) is 4.82. The molecule has 0 aliphatic carbocycles. The molecule has 0 fully saturated rings. The average molecular weight is 302 g/mol. The number of rotatable bonds is 3. The van der Waals surface area contributed by atoms with Crippen molar-refractivity contribution in [1.82, 2.24) is 4.98 Å². The second-order valence-electron chi connectivity index (χ2n) is 3.96. The van der Waals surface area contributed by atoms with Gasteiger partial charge >= 0.3 is 0 Å². The first-order valence-corrected chi connectivity index (χ1v) is 6.36. The Morgan fingerprint density at radius 1 is 1.35 bits per heavy atom. The fourth-order valence-electron chi connectivity index (χ4n) is 1.39. The van der Waals surface area contributed by atoms with E-state index < -0.39 is 29.5 Å². The third kappa shape index (κ3) is 2.97. The van der Waals surface area contributed by atoms with Gasteiger partial charge in [0.25, 0.3) is 5.91 Å². The van der Waals surface area contributed by atoms with Gasteiger partial charge in [-0.1, -0.05) is 0 Å². The standard InChI is InChI=1S/C12H9F3N2O2S/c1-5(18)9-4-20-12(16-9)17-11(19)6-2-7(13)10(15)8(14)3-6/h2-5,18H,1H3,(H,16,17,19). The second kappa shape index (κ2) is 5.59. The largest absolute Gasteiger partial charge is 0.387 e. The van der Waals surface area contributed by atoms with Crippen molar-refractivity contribution in [3.05, 3.63) is 46.2 Å². The summed E-state index contributed by atoms with van der Waals surface area (Å²) in [5.41, 5.74) is -0.00281. The Hall–Kier alpha value is -1.93. The van der Waals surface area contributed by atoms with E-state index in [1.54, 1.807) is 0 Å². The van der Waals surface area contributed by atoms with Gasteiger partial charge in [0, 0.05) is 10.9 Å². The molecule has 2 rings (SSSR count). The van der Waals surface area contributed by atoms with E-state index in [1.165, 1.54) is 12.3 Å². The fourth-order valence-corrected chi connectivity index (χ4v) is 2.18. The normalized spacial score (nSPS) is 12.2. The molecule has 1 unspecified atom stereocenters. The zero-order valence-electron chi connectivity index (χ0n) is 10.2. The quantitative estimate of drug-likeness (QED) is 0.857. The number of aromatic nitrogens is 1. The summed E-state index contributed by atoms with van der Waals surface area (Å²) in [7, 11) is 0. The van der Waals surface area contributed by atoms with Crippen LogP contribution >= 0.6 is 11.3 Å². The number of hydrogen-bond acceptors (Lipinski definition) is 4. The average Bonchev–Trinajstić information content (AvgIpc) is 2.84. The lowest BCUT2D eigenvalue weighted by molar-refractivity contribution is 0.102. The molecule has 1 heterocycles. The summed E-state index contributed by atoms with van der Waals surface area (Å²) < 4.78 is 38.8. The van der Waals surface area contributed by atoms with Gasteiger partial charge in [-0.2, -0.15) is 0 Å². The number of aliphatic hydroxyl groups excluding tert-OH is 1. The van der Waals surface area contributed by atoms with Crippen molar-refractivity contribution in [1.29, 1.82) is 0 Å². The summed E-state index contributed by atoms with van der Waals surface area (Å²) in [5.74, 6) is -5.35. The predicted molar refractivity (Wildman–Crippen MR) is 67.0 cm³/mol. The van der Waals surface area contributed by atoms with E-state index in [1.807, 2.05) is 0 Å². The Kier molecular flexibility index (Phi) is 4.05. The minimum atomic E-state index is -1.63. The molecule has 1 aromatic heterocycles. The highest BCUT2D eigenvalue weighted by molar-refractivity contribution is 7.14. The number of nitrogens with zero attached hydrogens (tertiary/aromatic N) is 1. The van der Waals surface area contributed by atoms with Crippen LogP contribution in [0.2, 0.25) is 0 Å². The number of benzene rings is 1. The number of anilines is 1. The Bertz CT molecular complexity index is 635. The van der Waals surface area contributed by atoms with E-state index in [0.717, 1.165) is 11.3 Å². The molecule has 1 aromatic carbocycles. The smallest absolute Gasteiger partial charge is 0.257 e. The lowest BCUT2D eigenvalue weighted by Gasteiger charge is -2.03. The molecular weight excluding hydrogens is 293 g/mol. The summed E-state index contributed by atoms with van der Waals surface area (Å²) in [6.07, 6.45) is -0.794. The van der Waals surface area contributed by atoms with E-state index in [0.29, 0.717) is 17.8 Å². The summed E-state index contributed by atoms with van der Waals surface area (Å²) in [4.78, 5) is 15.7. The van der Waals surface area contributed by atoms with Gasteiger partial charge in [-0.25, -0.2) is 18.2 Å². The van der Waals surface area contributed by atoms with Crippen LogP contribution in [0.4, 0.5) is 18.3 Å². The highest BCUT2D eigenvalue weighted by atomic mass is 32.1. The van der Waals surface area contributed by atoms with E-state index in [4.69, 9.17) is 0 Å². The highest BCUT2D eigenvalue weighted by Gasteiger charge is 2.16. The number of amides is 1. The van der Waals surface area contributed by atoms with Crippen LogP contribution in [0, 0.1) is 17.5 Å². The molecule has 0 spiro atoms. The van der Waals surface area contributed by atoms with Gasteiger partial charge in [0.05, 0.1) is 11.8 Å². The molecule has 0 aliphatic rings. The first-order chi connectivity index (χ1) is 9.38. The first kappa shape index (κ1) is 14.5. The van der Waals surface area contributed by atoms with Crippen LogP contribution in [0.3, 0.4) is 0 Å². The molecule has 4 nitrogen and oxygen atoms in total. The highest BCUT2D eigenvalue weighted by Crippen LogP contribution is 2.21. The van der Waals surface area contributed by atoms with Crippen LogP contribution in [0.1, 0.15) is 29.1 Å². The number of nitrogens with one attached hydrogen (secondary N) is 1. The Morgan fingerprint density at radius 2 is 1.95 bits per heavy atom. The van der Waals surface area contributed by atoms with Crippen LogP contribution in [-0.2, 0) is 0 Å². The molecule has 106 valence electrons. The molecule has 1 amide bonds. The zero-order valence-corrected chi connectivity index (χ0v) is 11.0. The molecule has 0 saturated heterocycles.